The maximum absolute atomic E-state index is 14.0. The van der Waals surface area contributed by atoms with E-state index in [-0.39, 0.29) is 11.6 Å². The molecule has 2 aliphatic rings. The fourth-order valence-corrected chi connectivity index (χ4v) is 7.50. The Morgan fingerprint density at radius 3 is 2.66 bits per heavy atom. The molecule has 1 aliphatic carbocycles. The minimum absolute atomic E-state index is 0.149. The summed E-state index contributed by atoms with van der Waals surface area (Å²) in [6, 6.07) is 19.3. The topological polar surface area (TPSA) is 60.7 Å². The number of allylic oxidation sites excluding steroid dienone is 1. The number of fused-ring (bicyclic) bond motifs is 3. The molecule has 9 heteroatoms. The quantitative estimate of drug-likeness (QED) is 0.187. The number of rotatable bonds is 3. The van der Waals surface area contributed by atoms with Gasteiger partial charge in [-0.15, -0.1) is 0 Å². The molecule has 2 heterocycles. The molecule has 1 atom stereocenters. The van der Waals surface area contributed by atoms with Crippen LogP contribution in [-0.2, 0) is 11.2 Å². The fourth-order valence-electron chi connectivity index (χ4n) is 5.05. The molecule has 0 bridgehead atoms. The zero-order valence-corrected chi connectivity index (χ0v) is 24.7. The van der Waals surface area contributed by atoms with E-state index < -0.39 is 5.97 Å². The van der Waals surface area contributed by atoms with Crippen LogP contribution in [0.15, 0.2) is 85.0 Å². The third-order valence-corrected chi connectivity index (χ3v) is 8.91. The summed E-state index contributed by atoms with van der Waals surface area (Å²) in [7, 11) is 0. The zero-order chi connectivity index (χ0) is 26.6. The highest BCUT2D eigenvalue weighted by atomic mass is 79.9. The fraction of sp³-hybridized carbons (Fsp3) is 0.138. The van der Waals surface area contributed by atoms with Crippen molar-refractivity contribution in [1.82, 2.24) is 4.57 Å². The standard InChI is InChI=1S/C29H19Br2ClN2O3S/c1-15(35)37-27-18(12-19(30)14-23(27)31)13-24-28(36)34-26(17-6-9-20(32)10-7-17)22-11-8-16-4-2-3-5-21(16)25(22)33-29(34)38-24/h2-7,9-10,12-14,26H,8,11H2,1H3/b24-13+/t26-/m1/s1. The number of esters is 1. The number of aromatic nitrogens is 1. The van der Waals surface area contributed by atoms with Gasteiger partial charge in [0.05, 0.1) is 20.7 Å². The zero-order valence-electron chi connectivity index (χ0n) is 20.0. The molecule has 1 aliphatic heterocycles. The summed E-state index contributed by atoms with van der Waals surface area (Å²) in [6.45, 7) is 1.35. The van der Waals surface area contributed by atoms with Crippen LogP contribution < -0.4 is 19.6 Å². The summed E-state index contributed by atoms with van der Waals surface area (Å²) in [4.78, 5) is 31.4. The molecule has 0 saturated heterocycles. The van der Waals surface area contributed by atoms with Crippen LogP contribution in [-0.4, -0.2) is 10.5 Å². The van der Waals surface area contributed by atoms with Gasteiger partial charge in [-0.25, -0.2) is 4.99 Å². The van der Waals surface area contributed by atoms with Crippen LogP contribution in [0.5, 0.6) is 5.75 Å². The van der Waals surface area contributed by atoms with Gasteiger partial charge in [0.1, 0.15) is 0 Å². The predicted molar refractivity (Wildman–Crippen MR) is 157 cm³/mol. The summed E-state index contributed by atoms with van der Waals surface area (Å²) < 4.78 is 9.14. The van der Waals surface area contributed by atoms with Crippen molar-refractivity contribution in [3.8, 4) is 5.75 Å². The molecule has 0 fully saturated rings. The van der Waals surface area contributed by atoms with Crippen molar-refractivity contribution in [1.29, 1.82) is 0 Å². The lowest BCUT2D eigenvalue weighted by Crippen LogP contribution is -2.38. The van der Waals surface area contributed by atoms with Crippen LogP contribution in [0, 0.1) is 0 Å². The Bertz CT molecular complexity index is 1840. The van der Waals surface area contributed by atoms with Crippen molar-refractivity contribution in [2.24, 2.45) is 4.99 Å². The van der Waals surface area contributed by atoms with Gasteiger partial charge in [-0.1, -0.05) is 75.3 Å². The molecule has 3 aromatic carbocycles. The van der Waals surface area contributed by atoms with Crippen molar-refractivity contribution < 1.29 is 9.53 Å². The highest BCUT2D eigenvalue weighted by Crippen LogP contribution is 2.41. The number of ether oxygens (including phenoxy) is 1. The van der Waals surface area contributed by atoms with E-state index in [9.17, 15) is 9.59 Å². The first-order valence-corrected chi connectivity index (χ1v) is 14.6. The number of halogens is 3. The highest BCUT2D eigenvalue weighted by Gasteiger charge is 2.32. The second-order valence-corrected chi connectivity index (χ2v) is 12.3. The van der Waals surface area contributed by atoms with Crippen LogP contribution >= 0.6 is 54.8 Å². The average Bonchev–Trinajstić information content (AvgIpc) is 3.19. The van der Waals surface area contributed by atoms with Crippen LogP contribution in [0.2, 0.25) is 5.02 Å². The number of hydrogen-bond acceptors (Lipinski definition) is 5. The Morgan fingerprint density at radius 1 is 1.13 bits per heavy atom. The Morgan fingerprint density at radius 2 is 1.89 bits per heavy atom. The molecule has 0 radical (unpaired) electrons. The Hall–Kier alpha value is -2.78. The van der Waals surface area contributed by atoms with Gasteiger partial charge in [-0.2, -0.15) is 0 Å². The Balaban J connectivity index is 1.62. The van der Waals surface area contributed by atoms with E-state index in [0.717, 1.165) is 39.7 Å². The van der Waals surface area contributed by atoms with E-state index in [0.29, 0.717) is 30.1 Å². The smallest absolute Gasteiger partial charge is 0.308 e. The molecule has 38 heavy (non-hydrogen) atoms. The summed E-state index contributed by atoms with van der Waals surface area (Å²) in [5.41, 5.74) is 5.86. The molecule has 5 nitrogen and oxygen atoms in total. The van der Waals surface area contributed by atoms with Crippen LogP contribution in [0.4, 0.5) is 0 Å². The van der Waals surface area contributed by atoms with Crippen molar-refractivity contribution in [2.75, 3.05) is 0 Å². The van der Waals surface area contributed by atoms with Gasteiger partial charge in [-0.05, 0) is 75.8 Å². The molecule has 0 unspecified atom stereocenters. The van der Waals surface area contributed by atoms with Crippen LogP contribution in [0.3, 0.4) is 0 Å². The molecular weight excluding hydrogens is 652 g/mol. The molecule has 190 valence electrons. The van der Waals surface area contributed by atoms with Gasteiger partial charge < -0.3 is 4.74 Å². The van der Waals surface area contributed by atoms with E-state index >= 15 is 0 Å². The van der Waals surface area contributed by atoms with Gasteiger partial charge in [0, 0.05) is 27.5 Å². The number of aryl methyl sites for hydroxylation is 1. The van der Waals surface area contributed by atoms with E-state index in [1.165, 1.54) is 23.8 Å². The second kappa shape index (κ2) is 10.1. The van der Waals surface area contributed by atoms with Gasteiger partial charge in [0.2, 0.25) is 0 Å². The Labute approximate surface area is 244 Å². The minimum Gasteiger partial charge on any atom is -0.425 e. The number of hydrogen-bond donors (Lipinski definition) is 0. The average molecular weight is 671 g/mol. The van der Waals surface area contributed by atoms with E-state index in [1.807, 2.05) is 36.4 Å². The SMILES string of the molecule is CC(=O)Oc1c(Br)cc(Br)cc1/C=c1/sc2n(c1=O)[C@H](c1ccc(Cl)cc1)C1=C(N=2)c2ccccc2CC1. The van der Waals surface area contributed by atoms with Gasteiger partial charge in [-0.3, -0.25) is 14.2 Å². The molecule has 6 rings (SSSR count). The van der Waals surface area contributed by atoms with E-state index in [4.69, 9.17) is 21.3 Å². The summed E-state index contributed by atoms with van der Waals surface area (Å²) in [5, 5.41) is 0.641. The first-order chi connectivity index (χ1) is 18.3. The number of thiazole rings is 1. The third-order valence-electron chi connectivity index (χ3n) is 6.63. The molecule has 0 spiro atoms. The lowest BCUT2D eigenvalue weighted by Gasteiger charge is -2.30. The molecule has 0 N–H and O–H groups in total. The molecule has 1 aromatic heterocycles. The number of carbonyl (C=O) groups excluding carboxylic acids is 1. The normalized spacial score (nSPS) is 16.4. The second-order valence-electron chi connectivity index (χ2n) is 9.06. The summed E-state index contributed by atoms with van der Waals surface area (Å²) >= 11 is 14.5. The summed E-state index contributed by atoms with van der Waals surface area (Å²) in [6.07, 6.45) is 3.45. The third kappa shape index (κ3) is 4.53. The summed E-state index contributed by atoms with van der Waals surface area (Å²) in [5.74, 6) is -0.0905. The van der Waals surface area contributed by atoms with Crippen LogP contribution in [0.25, 0.3) is 11.8 Å². The Kier molecular flexibility index (Phi) is 6.76. The highest BCUT2D eigenvalue weighted by molar-refractivity contribution is 9.11. The van der Waals surface area contributed by atoms with Crippen molar-refractivity contribution >= 4 is 72.5 Å². The predicted octanol–water partition coefficient (Wildman–Crippen LogP) is 6.42. The number of benzene rings is 3. The van der Waals surface area contributed by atoms with E-state index in [2.05, 4.69) is 50.1 Å². The monoisotopic (exact) mass is 668 g/mol. The van der Waals surface area contributed by atoms with Crippen molar-refractivity contribution in [3.05, 3.63) is 122 Å². The lowest BCUT2D eigenvalue weighted by molar-refractivity contribution is -0.131. The number of nitrogens with zero attached hydrogens (tertiary/aromatic N) is 2. The van der Waals surface area contributed by atoms with Gasteiger partial charge >= 0.3 is 5.97 Å². The first kappa shape index (κ1) is 25.5. The maximum Gasteiger partial charge on any atom is 0.308 e. The molecular formula is C29H19Br2ClN2O3S. The number of carbonyl (C=O) groups is 1. The van der Waals surface area contributed by atoms with Crippen LogP contribution in [0.1, 0.15) is 41.6 Å². The first-order valence-electron chi connectivity index (χ1n) is 11.9. The maximum atomic E-state index is 14.0. The lowest BCUT2D eigenvalue weighted by atomic mass is 9.83. The van der Waals surface area contributed by atoms with Gasteiger partial charge in [0.15, 0.2) is 10.6 Å². The van der Waals surface area contributed by atoms with Crippen molar-refractivity contribution in [3.63, 3.8) is 0 Å². The van der Waals surface area contributed by atoms with E-state index in [1.54, 1.807) is 16.7 Å². The molecule has 4 aromatic rings. The van der Waals surface area contributed by atoms with Gasteiger partial charge in [0.25, 0.3) is 5.56 Å². The largest absolute Gasteiger partial charge is 0.425 e. The molecule has 0 saturated carbocycles. The van der Waals surface area contributed by atoms with Crippen molar-refractivity contribution in [2.45, 2.75) is 25.8 Å². The minimum atomic E-state index is -0.446. The molecule has 0 amide bonds.